The molecule has 0 unspecified atom stereocenters. The van der Waals surface area contributed by atoms with Crippen LogP contribution in [0.2, 0.25) is 0 Å². The summed E-state index contributed by atoms with van der Waals surface area (Å²) in [6.07, 6.45) is 3.84. The van der Waals surface area contributed by atoms with Crippen LogP contribution in [-0.2, 0) is 0 Å². The van der Waals surface area contributed by atoms with Gasteiger partial charge in [0.25, 0.3) is 0 Å². The molecule has 2 aromatic heterocycles. The zero-order valence-corrected chi connectivity index (χ0v) is 9.07. The first kappa shape index (κ1) is 9.22. The van der Waals surface area contributed by atoms with Gasteiger partial charge in [0.2, 0.25) is 0 Å². The maximum absolute atomic E-state index is 5.74. The molecule has 0 aromatic carbocycles. The maximum Gasteiger partial charge on any atom is 0.151 e. The molecule has 1 aliphatic rings. The maximum atomic E-state index is 5.74. The Morgan fingerprint density at radius 1 is 1.44 bits per heavy atom. The summed E-state index contributed by atoms with van der Waals surface area (Å²) in [6, 6.07) is 3.83. The van der Waals surface area contributed by atoms with Crippen LogP contribution in [0.5, 0.6) is 0 Å². The Hall–Kier alpha value is -2.02. The van der Waals surface area contributed by atoms with Crippen LogP contribution in [0.4, 0.5) is 5.82 Å². The van der Waals surface area contributed by atoms with E-state index in [2.05, 4.69) is 28.8 Å². The number of anilines is 1. The number of nitrogen functional groups attached to an aromatic ring is 1. The molecule has 2 aromatic rings. The van der Waals surface area contributed by atoms with Crippen LogP contribution in [0.15, 0.2) is 18.5 Å². The summed E-state index contributed by atoms with van der Waals surface area (Å²) >= 11 is 0. The summed E-state index contributed by atoms with van der Waals surface area (Å²) in [5.74, 6) is 6.93. The standard InChI is InChI=1S/C12H12N4/c1-12(6-7-12)5-4-9-2-3-10-11(13)14-8-15-16(9)10/h2-3,8H,6-7H2,1H3,(H2,13,14,15). The summed E-state index contributed by atoms with van der Waals surface area (Å²) in [4.78, 5) is 3.94. The van der Waals surface area contributed by atoms with Crippen LogP contribution in [0.1, 0.15) is 25.5 Å². The molecular formula is C12H12N4. The third-order valence-corrected chi connectivity index (χ3v) is 2.97. The molecule has 1 fully saturated rings. The largest absolute Gasteiger partial charge is 0.382 e. The van der Waals surface area contributed by atoms with Crippen molar-refractivity contribution in [2.24, 2.45) is 5.41 Å². The molecule has 80 valence electrons. The quantitative estimate of drug-likeness (QED) is 0.673. The van der Waals surface area contributed by atoms with E-state index in [1.165, 1.54) is 19.2 Å². The lowest BCUT2D eigenvalue weighted by molar-refractivity contribution is 0.782. The molecule has 2 heterocycles. The average molecular weight is 212 g/mol. The molecule has 1 aliphatic carbocycles. The van der Waals surface area contributed by atoms with Gasteiger partial charge in [0.15, 0.2) is 5.82 Å². The zero-order valence-electron chi connectivity index (χ0n) is 9.07. The molecule has 0 radical (unpaired) electrons. The number of fused-ring (bicyclic) bond motifs is 1. The lowest BCUT2D eigenvalue weighted by Gasteiger charge is -1.97. The van der Waals surface area contributed by atoms with Crippen molar-refractivity contribution in [3.05, 3.63) is 24.2 Å². The summed E-state index contributed by atoms with van der Waals surface area (Å²) in [5.41, 5.74) is 7.65. The molecule has 3 rings (SSSR count). The van der Waals surface area contributed by atoms with Crippen molar-refractivity contribution in [1.82, 2.24) is 14.6 Å². The van der Waals surface area contributed by atoms with E-state index in [1.807, 2.05) is 12.1 Å². The van der Waals surface area contributed by atoms with Gasteiger partial charge in [-0.15, -0.1) is 0 Å². The fourth-order valence-corrected chi connectivity index (χ4v) is 1.57. The lowest BCUT2D eigenvalue weighted by atomic mass is 10.1. The Labute approximate surface area is 93.5 Å². The summed E-state index contributed by atoms with van der Waals surface area (Å²) in [6.45, 7) is 2.18. The van der Waals surface area contributed by atoms with Crippen molar-refractivity contribution in [2.45, 2.75) is 19.8 Å². The molecule has 2 N–H and O–H groups in total. The predicted octanol–water partition coefficient (Wildman–Crippen LogP) is 1.46. The van der Waals surface area contributed by atoms with E-state index in [4.69, 9.17) is 5.73 Å². The number of rotatable bonds is 0. The minimum Gasteiger partial charge on any atom is -0.382 e. The van der Waals surface area contributed by atoms with Gasteiger partial charge in [0.05, 0.1) is 0 Å². The summed E-state index contributed by atoms with van der Waals surface area (Å²) in [7, 11) is 0. The van der Waals surface area contributed by atoms with E-state index in [1.54, 1.807) is 4.52 Å². The zero-order chi connectivity index (χ0) is 11.2. The molecule has 16 heavy (non-hydrogen) atoms. The summed E-state index contributed by atoms with van der Waals surface area (Å²) < 4.78 is 1.74. The molecule has 0 aliphatic heterocycles. The Bertz CT molecular complexity index is 611. The van der Waals surface area contributed by atoms with E-state index >= 15 is 0 Å². The lowest BCUT2D eigenvalue weighted by Crippen LogP contribution is -2.00. The van der Waals surface area contributed by atoms with Gasteiger partial charge in [-0.1, -0.05) is 5.92 Å². The normalized spacial score (nSPS) is 16.8. The minimum absolute atomic E-state index is 0.225. The van der Waals surface area contributed by atoms with Crippen molar-refractivity contribution in [3.63, 3.8) is 0 Å². The molecule has 4 heteroatoms. The second kappa shape index (κ2) is 2.99. The van der Waals surface area contributed by atoms with Crippen molar-refractivity contribution < 1.29 is 0 Å². The van der Waals surface area contributed by atoms with Gasteiger partial charge in [-0.3, -0.25) is 0 Å². The SMILES string of the molecule is CC1(C#Cc2ccc3c(N)ncnn23)CC1. The molecule has 0 atom stereocenters. The van der Waals surface area contributed by atoms with Crippen molar-refractivity contribution in [2.75, 3.05) is 5.73 Å². The van der Waals surface area contributed by atoms with E-state index in [-0.39, 0.29) is 5.41 Å². The average Bonchev–Trinajstić information content (AvgIpc) is 2.86. The molecule has 0 amide bonds. The van der Waals surface area contributed by atoms with Crippen molar-refractivity contribution >= 4 is 11.3 Å². The highest BCUT2D eigenvalue weighted by atomic mass is 15.2. The Kier molecular flexibility index (Phi) is 1.72. The Morgan fingerprint density at radius 3 is 3.00 bits per heavy atom. The van der Waals surface area contributed by atoms with E-state index in [0.717, 1.165) is 11.2 Å². The van der Waals surface area contributed by atoms with Gasteiger partial charge in [-0.2, -0.15) is 5.10 Å². The highest BCUT2D eigenvalue weighted by molar-refractivity contribution is 5.66. The van der Waals surface area contributed by atoms with Gasteiger partial charge in [-0.25, -0.2) is 9.50 Å². The fraction of sp³-hybridized carbons (Fsp3) is 0.333. The van der Waals surface area contributed by atoms with E-state index in [9.17, 15) is 0 Å². The first-order valence-corrected chi connectivity index (χ1v) is 5.29. The van der Waals surface area contributed by atoms with Crippen LogP contribution in [-0.4, -0.2) is 14.6 Å². The van der Waals surface area contributed by atoms with Crippen molar-refractivity contribution in [1.29, 1.82) is 0 Å². The van der Waals surface area contributed by atoms with Gasteiger partial charge >= 0.3 is 0 Å². The first-order chi connectivity index (χ1) is 7.68. The second-order valence-corrected chi connectivity index (χ2v) is 4.47. The van der Waals surface area contributed by atoms with E-state index < -0.39 is 0 Å². The topological polar surface area (TPSA) is 56.2 Å². The number of aromatic nitrogens is 3. The van der Waals surface area contributed by atoms with Crippen molar-refractivity contribution in [3.8, 4) is 11.8 Å². The van der Waals surface area contributed by atoms with Crippen LogP contribution in [0.3, 0.4) is 0 Å². The minimum atomic E-state index is 0.225. The van der Waals surface area contributed by atoms with E-state index in [0.29, 0.717) is 5.82 Å². The number of hydrogen-bond donors (Lipinski definition) is 1. The van der Waals surface area contributed by atoms with Crippen LogP contribution in [0, 0.1) is 17.3 Å². The molecule has 4 nitrogen and oxygen atoms in total. The number of hydrogen-bond acceptors (Lipinski definition) is 3. The van der Waals surface area contributed by atoms with Gasteiger partial charge < -0.3 is 5.73 Å². The summed E-state index contributed by atoms with van der Waals surface area (Å²) in [5, 5.41) is 4.15. The molecule has 0 saturated heterocycles. The van der Waals surface area contributed by atoms with Crippen LogP contribution < -0.4 is 5.73 Å². The monoisotopic (exact) mass is 212 g/mol. The highest BCUT2D eigenvalue weighted by Crippen LogP contribution is 2.44. The van der Waals surface area contributed by atoms with Crippen LogP contribution >= 0.6 is 0 Å². The number of nitrogens with two attached hydrogens (primary N) is 1. The Balaban J connectivity index is 2.10. The smallest absolute Gasteiger partial charge is 0.151 e. The second-order valence-electron chi connectivity index (χ2n) is 4.47. The third kappa shape index (κ3) is 1.41. The first-order valence-electron chi connectivity index (χ1n) is 5.29. The van der Waals surface area contributed by atoms with Crippen LogP contribution in [0.25, 0.3) is 5.52 Å². The Morgan fingerprint density at radius 2 is 2.25 bits per heavy atom. The number of nitrogens with zero attached hydrogens (tertiary/aromatic N) is 3. The van der Waals surface area contributed by atoms with Gasteiger partial charge in [0, 0.05) is 5.41 Å². The fourth-order valence-electron chi connectivity index (χ4n) is 1.57. The molecule has 0 spiro atoms. The highest BCUT2D eigenvalue weighted by Gasteiger charge is 2.35. The third-order valence-electron chi connectivity index (χ3n) is 2.97. The predicted molar refractivity (Wildman–Crippen MR) is 61.6 cm³/mol. The molecule has 1 saturated carbocycles. The van der Waals surface area contributed by atoms with Gasteiger partial charge in [0.1, 0.15) is 17.5 Å². The molecular weight excluding hydrogens is 200 g/mol. The molecule has 0 bridgehead atoms. The van der Waals surface area contributed by atoms with Gasteiger partial charge in [-0.05, 0) is 37.8 Å².